The van der Waals surface area contributed by atoms with E-state index >= 15 is 0 Å². The molecule has 0 unspecified atom stereocenters. The van der Waals surface area contributed by atoms with Crippen LogP contribution in [0.5, 0.6) is 0 Å². The van der Waals surface area contributed by atoms with Gasteiger partial charge in [0, 0.05) is 18.4 Å². The highest BCUT2D eigenvalue weighted by molar-refractivity contribution is 5.67. The van der Waals surface area contributed by atoms with Crippen LogP contribution in [0, 0.1) is 0 Å². The maximum Gasteiger partial charge on any atom is 0.0753 e. The van der Waals surface area contributed by atoms with E-state index in [4.69, 9.17) is 4.84 Å². The second kappa shape index (κ2) is 10.5. The van der Waals surface area contributed by atoms with Crippen molar-refractivity contribution in [1.29, 1.82) is 0 Å². The second-order valence-corrected chi connectivity index (χ2v) is 6.93. The highest BCUT2D eigenvalue weighted by Gasteiger charge is 2.11. The standard InChI is InChI=1S/C25H30N2O/c1-3-4-5-12-21-28-27(24-15-10-7-11-16-24)25-19-17-23(18-20-25)26(2)22-13-8-6-9-14-22/h6-11,13-20H,3-5,12,21H2,1-2H3. The molecule has 28 heavy (non-hydrogen) atoms. The highest BCUT2D eigenvalue weighted by Crippen LogP contribution is 2.30. The first-order valence-electron chi connectivity index (χ1n) is 10.2. The molecule has 0 amide bonds. The van der Waals surface area contributed by atoms with Crippen molar-refractivity contribution >= 4 is 22.7 Å². The molecule has 0 N–H and O–H groups in total. The van der Waals surface area contributed by atoms with E-state index in [1.807, 2.05) is 29.3 Å². The van der Waals surface area contributed by atoms with E-state index in [9.17, 15) is 0 Å². The Morgan fingerprint density at radius 2 is 1.11 bits per heavy atom. The minimum atomic E-state index is 0.723. The molecule has 0 heterocycles. The van der Waals surface area contributed by atoms with Crippen LogP contribution >= 0.6 is 0 Å². The van der Waals surface area contributed by atoms with E-state index < -0.39 is 0 Å². The number of anilines is 4. The summed E-state index contributed by atoms with van der Waals surface area (Å²) in [6, 6.07) is 29.2. The summed E-state index contributed by atoms with van der Waals surface area (Å²) in [6.45, 7) is 2.95. The van der Waals surface area contributed by atoms with Crippen molar-refractivity contribution < 1.29 is 4.84 Å². The molecular formula is C25H30N2O. The van der Waals surface area contributed by atoms with Crippen molar-refractivity contribution in [2.75, 3.05) is 23.6 Å². The maximum absolute atomic E-state index is 6.17. The molecule has 3 heteroatoms. The first-order valence-corrected chi connectivity index (χ1v) is 10.2. The lowest BCUT2D eigenvalue weighted by Gasteiger charge is -2.25. The number of hydrogen-bond donors (Lipinski definition) is 0. The molecule has 0 aromatic heterocycles. The van der Waals surface area contributed by atoms with Crippen LogP contribution in [-0.4, -0.2) is 13.7 Å². The summed E-state index contributed by atoms with van der Waals surface area (Å²) in [5.41, 5.74) is 4.39. The van der Waals surface area contributed by atoms with Crippen molar-refractivity contribution in [2.24, 2.45) is 0 Å². The van der Waals surface area contributed by atoms with Gasteiger partial charge in [0.1, 0.15) is 0 Å². The summed E-state index contributed by atoms with van der Waals surface area (Å²) >= 11 is 0. The van der Waals surface area contributed by atoms with E-state index in [0.29, 0.717) is 0 Å². The van der Waals surface area contributed by atoms with Gasteiger partial charge in [0.2, 0.25) is 0 Å². The van der Waals surface area contributed by atoms with Crippen LogP contribution in [0.15, 0.2) is 84.9 Å². The van der Waals surface area contributed by atoms with Gasteiger partial charge in [-0.2, -0.15) is 0 Å². The van der Waals surface area contributed by atoms with Crippen LogP contribution in [0.1, 0.15) is 32.6 Å². The first-order chi connectivity index (χ1) is 13.8. The van der Waals surface area contributed by atoms with Crippen LogP contribution < -0.4 is 9.96 Å². The van der Waals surface area contributed by atoms with Crippen molar-refractivity contribution in [3.05, 3.63) is 84.9 Å². The second-order valence-electron chi connectivity index (χ2n) is 6.93. The fraction of sp³-hybridized carbons (Fsp3) is 0.280. The van der Waals surface area contributed by atoms with Gasteiger partial charge in [0.25, 0.3) is 0 Å². The van der Waals surface area contributed by atoms with Crippen LogP contribution in [-0.2, 0) is 4.84 Å². The number of para-hydroxylation sites is 2. The summed E-state index contributed by atoms with van der Waals surface area (Å²) in [5, 5.41) is 1.94. The Morgan fingerprint density at radius 1 is 0.607 bits per heavy atom. The van der Waals surface area contributed by atoms with Gasteiger partial charge in [-0.25, -0.2) is 5.06 Å². The molecule has 0 aliphatic carbocycles. The van der Waals surface area contributed by atoms with Gasteiger partial charge in [-0.3, -0.25) is 4.84 Å². The lowest BCUT2D eigenvalue weighted by Crippen LogP contribution is -2.18. The van der Waals surface area contributed by atoms with E-state index in [0.717, 1.165) is 30.1 Å². The van der Waals surface area contributed by atoms with Gasteiger partial charge in [-0.05, 0) is 55.0 Å². The average Bonchev–Trinajstić information content (AvgIpc) is 2.77. The smallest absolute Gasteiger partial charge is 0.0753 e. The third-order valence-corrected chi connectivity index (χ3v) is 4.82. The van der Waals surface area contributed by atoms with Gasteiger partial charge >= 0.3 is 0 Å². The average molecular weight is 375 g/mol. The molecule has 0 fully saturated rings. The molecule has 0 atom stereocenters. The van der Waals surface area contributed by atoms with E-state index in [1.54, 1.807) is 0 Å². The van der Waals surface area contributed by atoms with Gasteiger partial charge in [0.15, 0.2) is 0 Å². The Balaban J connectivity index is 1.74. The Hall–Kier alpha value is -2.78. The van der Waals surface area contributed by atoms with Crippen molar-refractivity contribution in [3.63, 3.8) is 0 Å². The van der Waals surface area contributed by atoms with E-state index in [1.165, 1.54) is 24.9 Å². The number of hydrogen-bond acceptors (Lipinski definition) is 3. The summed E-state index contributed by atoms with van der Waals surface area (Å²) in [5.74, 6) is 0. The highest BCUT2D eigenvalue weighted by atomic mass is 16.7. The lowest BCUT2D eigenvalue weighted by atomic mass is 10.2. The monoisotopic (exact) mass is 374 g/mol. The van der Waals surface area contributed by atoms with Crippen molar-refractivity contribution in [2.45, 2.75) is 32.6 Å². The van der Waals surface area contributed by atoms with Crippen molar-refractivity contribution in [3.8, 4) is 0 Å². The third-order valence-electron chi connectivity index (χ3n) is 4.82. The fourth-order valence-corrected chi connectivity index (χ4v) is 3.16. The molecule has 146 valence electrons. The summed E-state index contributed by atoms with van der Waals surface area (Å²) in [7, 11) is 2.09. The van der Waals surface area contributed by atoms with E-state index in [-0.39, 0.29) is 0 Å². The largest absolute Gasteiger partial charge is 0.345 e. The molecule has 0 saturated heterocycles. The van der Waals surface area contributed by atoms with Crippen LogP contribution in [0.25, 0.3) is 0 Å². The molecule has 0 aliphatic rings. The molecule has 3 aromatic carbocycles. The minimum Gasteiger partial charge on any atom is -0.345 e. The zero-order chi connectivity index (χ0) is 19.6. The Labute approximate surface area is 169 Å². The molecular weight excluding hydrogens is 344 g/mol. The number of benzene rings is 3. The molecule has 0 saturated carbocycles. The quantitative estimate of drug-likeness (QED) is 0.278. The third kappa shape index (κ3) is 5.37. The molecule has 3 nitrogen and oxygen atoms in total. The Morgan fingerprint density at radius 3 is 1.71 bits per heavy atom. The minimum absolute atomic E-state index is 0.723. The zero-order valence-electron chi connectivity index (χ0n) is 16.9. The number of rotatable bonds is 10. The van der Waals surface area contributed by atoms with E-state index in [2.05, 4.69) is 79.5 Å². The number of nitrogens with zero attached hydrogens (tertiary/aromatic N) is 2. The molecule has 0 spiro atoms. The van der Waals surface area contributed by atoms with Crippen LogP contribution in [0.3, 0.4) is 0 Å². The Bertz CT molecular complexity index is 803. The van der Waals surface area contributed by atoms with Crippen LogP contribution in [0.2, 0.25) is 0 Å². The van der Waals surface area contributed by atoms with Gasteiger partial charge in [0.05, 0.1) is 18.0 Å². The predicted octanol–water partition coefficient (Wildman–Crippen LogP) is 7.10. The summed E-state index contributed by atoms with van der Waals surface area (Å²) < 4.78 is 0. The summed E-state index contributed by atoms with van der Waals surface area (Å²) in [4.78, 5) is 8.35. The predicted molar refractivity (Wildman–Crippen MR) is 120 cm³/mol. The number of unbranched alkanes of at least 4 members (excludes halogenated alkanes) is 3. The van der Waals surface area contributed by atoms with Gasteiger partial charge in [-0.1, -0.05) is 62.6 Å². The fourth-order valence-electron chi connectivity index (χ4n) is 3.16. The molecule has 3 rings (SSSR count). The zero-order valence-corrected chi connectivity index (χ0v) is 16.9. The van der Waals surface area contributed by atoms with Gasteiger partial charge in [-0.15, -0.1) is 0 Å². The first kappa shape index (κ1) is 20.0. The normalized spacial score (nSPS) is 10.6. The lowest BCUT2D eigenvalue weighted by molar-refractivity contribution is 0.131. The molecule has 0 bridgehead atoms. The Kier molecular flexibility index (Phi) is 7.51. The van der Waals surface area contributed by atoms with Crippen LogP contribution in [0.4, 0.5) is 22.7 Å². The molecule has 0 aliphatic heterocycles. The van der Waals surface area contributed by atoms with Crippen molar-refractivity contribution in [1.82, 2.24) is 0 Å². The summed E-state index contributed by atoms with van der Waals surface area (Å²) in [6.07, 6.45) is 4.78. The SMILES string of the molecule is CCCCCCON(c1ccccc1)c1ccc(N(C)c2ccccc2)cc1. The topological polar surface area (TPSA) is 15.7 Å². The molecule has 3 aromatic rings. The van der Waals surface area contributed by atoms with Gasteiger partial charge < -0.3 is 4.90 Å². The molecule has 0 radical (unpaired) electrons. The maximum atomic E-state index is 6.17.